The molecule has 14 nitrogen and oxygen atoms in total. The van der Waals surface area contributed by atoms with Crippen molar-refractivity contribution in [1.82, 2.24) is 0 Å². The highest BCUT2D eigenvalue weighted by Gasteiger charge is 2.48. The van der Waals surface area contributed by atoms with E-state index in [2.05, 4.69) is 0 Å². The predicted molar refractivity (Wildman–Crippen MR) is 109 cm³/mol. The van der Waals surface area contributed by atoms with Gasteiger partial charge in [0.25, 0.3) is 0 Å². The number of cyclic esters (lactones) is 1. The first kappa shape index (κ1) is 26.0. The maximum atomic E-state index is 12.1. The third-order valence-electron chi connectivity index (χ3n) is 6.14. The van der Waals surface area contributed by atoms with Crippen molar-refractivity contribution in [2.45, 2.75) is 68.0 Å². The van der Waals surface area contributed by atoms with Crippen molar-refractivity contribution >= 4 is 5.97 Å². The van der Waals surface area contributed by atoms with Crippen LogP contribution in [0.25, 0.3) is 0 Å². The van der Waals surface area contributed by atoms with Crippen molar-refractivity contribution in [2.24, 2.45) is 0 Å². The Morgan fingerprint density at radius 3 is 2.17 bits per heavy atom. The number of ether oxygens (including phenoxy) is 6. The van der Waals surface area contributed by atoms with E-state index in [0.29, 0.717) is 11.3 Å². The molecule has 0 saturated carbocycles. The Bertz CT molecular complexity index is 908. The second-order valence-electron chi connectivity index (χ2n) is 8.40. The van der Waals surface area contributed by atoms with Gasteiger partial charge in [0.15, 0.2) is 6.29 Å². The molecule has 2 fully saturated rings. The maximum Gasteiger partial charge on any atom is 0.342 e. The van der Waals surface area contributed by atoms with Crippen LogP contribution in [0, 0.1) is 0 Å². The lowest BCUT2D eigenvalue weighted by Gasteiger charge is -2.42. The van der Waals surface area contributed by atoms with Crippen molar-refractivity contribution in [2.75, 3.05) is 20.3 Å². The van der Waals surface area contributed by atoms with Crippen LogP contribution in [0.3, 0.4) is 0 Å². The second kappa shape index (κ2) is 10.5. The number of fused-ring (bicyclic) bond motifs is 1. The van der Waals surface area contributed by atoms with Gasteiger partial charge in [0, 0.05) is 11.6 Å². The Morgan fingerprint density at radius 2 is 1.51 bits per heavy atom. The van der Waals surface area contributed by atoms with E-state index in [1.54, 1.807) is 6.07 Å². The molecular weight excluding hydrogens is 476 g/mol. The number of hydrogen-bond acceptors (Lipinski definition) is 14. The van der Waals surface area contributed by atoms with Crippen LogP contribution in [-0.4, -0.2) is 123 Å². The average Bonchev–Trinajstić information content (AvgIpc) is 3.23. The number of hydrogen-bond donors (Lipinski definition) is 7. The van der Waals surface area contributed by atoms with Gasteiger partial charge in [0.2, 0.25) is 6.29 Å². The van der Waals surface area contributed by atoms with Crippen LogP contribution < -0.4 is 9.47 Å². The molecule has 14 heteroatoms. The molecule has 0 aromatic heterocycles. The normalized spacial score (nSPS) is 39.1. The fourth-order valence-corrected chi connectivity index (χ4v) is 4.09. The largest absolute Gasteiger partial charge is 0.497 e. The summed E-state index contributed by atoms with van der Waals surface area (Å²) in [6, 6.07) is 2.96. The van der Waals surface area contributed by atoms with Crippen LogP contribution in [-0.2, 0) is 25.6 Å². The van der Waals surface area contributed by atoms with E-state index in [1.165, 1.54) is 13.2 Å². The van der Waals surface area contributed by atoms with E-state index in [-0.39, 0.29) is 17.9 Å². The van der Waals surface area contributed by atoms with Crippen LogP contribution in [0.2, 0.25) is 0 Å². The van der Waals surface area contributed by atoms with Gasteiger partial charge in [-0.2, -0.15) is 0 Å². The SMILES string of the molecule is COc1cc2c(c(O[C@@H]3O[C@H](CO[C@@H]4O[C@H](CO)[C@@H](O)[C@H](O)[C@H]4O)[C@@H](O)[C@H](O)[C@H]3O)c1)C(=O)OC2. The van der Waals surface area contributed by atoms with Crippen molar-refractivity contribution in [1.29, 1.82) is 0 Å². The number of benzene rings is 1. The number of methoxy groups -OCH3 is 1. The Labute approximate surface area is 198 Å². The van der Waals surface area contributed by atoms with E-state index >= 15 is 0 Å². The molecule has 2 saturated heterocycles. The van der Waals surface area contributed by atoms with Gasteiger partial charge in [-0.1, -0.05) is 0 Å². The van der Waals surface area contributed by atoms with Crippen LogP contribution in [0.5, 0.6) is 11.5 Å². The van der Waals surface area contributed by atoms with Crippen molar-refractivity contribution in [3.05, 3.63) is 23.3 Å². The molecule has 10 atom stereocenters. The Kier molecular flexibility index (Phi) is 7.77. The first-order valence-corrected chi connectivity index (χ1v) is 10.8. The lowest BCUT2D eigenvalue weighted by atomic mass is 9.98. The summed E-state index contributed by atoms with van der Waals surface area (Å²) in [6.45, 7) is -1.19. The predicted octanol–water partition coefficient (Wildman–Crippen LogP) is -3.63. The van der Waals surface area contributed by atoms with E-state index in [0.717, 1.165) is 0 Å². The molecule has 0 bridgehead atoms. The monoisotopic (exact) mass is 504 g/mol. The zero-order valence-corrected chi connectivity index (χ0v) is 18.5. The lowest BCUT2D eigenvalue weighted by Crippen LogP contribution is -2.62. The van der Waals surface area contributed by atoms with Crippen molar-refractivity contribution < 1.29 is 69.0 Å². The van der Waals surface area contributed by atoms with Gasteiger partial charge in [-0.3, -0.25) is 0 Å². The summed E-state index contributed by atoms with van der Waals surface area (Å²) in [4.78, 5) is 12.1. The number of carbonyl (C=O) groups is 1. The summed E-state index contributed by atoms with van der Waals surface area (Å²) in [5.74, 6) is -0.362. The topological polar surface area (TPSA) is 214 Å². The summed E-state index contributed by atoms with van der Waals surface area (Å²) < 4.78 is 32.1. The van der Waals surface area contributed by atoms with Crippen molar-refractivity contribution in [3.63, 3.8) is 0 Å². The number of esters is 1. The first-order valence-electron chi connectivity index (χ1n) is 10.8. The average molecular weight is 504 g/mol. The van der Waals surface area contributed by atoms with Gasteiger partial charge >= 0.3 is 5.97 Å². The van der Waals surface area contributed by atoms with Gasteiger partial charge in [-0.15, -0.1) is 0 Å². The Hall–Kier alpha value is -2.11. The van der Waals surface area contributed by atoms with Gasteiger partial charge in [0.05, 0.1) is 20.3 Å². The smallest absolute Gasteiger partial charge is 0.342 e. The van der Waals surface area contributed by atoms with E-state index in [9.17, 15) is 40.5 Å². The van der Waals surface area contributed by atoms with Gasteiger partial charge in [0.1, 0.15) is 72.5 Å². The van der Waals surface area contributed by atoms with Crippen LogP contribution in [0.1, 0.15) is 15.9 Å². The number of carbonyl (C=O) groups excluding carboxylic acids is 1. The fraction of sp³-hybridized carbons (Fsp3) is 0.667. The molecule has 7 N–H and O–H groups in total. The van der Waals surface area contributed by atoms with Gasteiger partial charge in [-0.05, 0) is 6.07 Å². The minimum atomic E-state index is -1.75. The molecule has 0 spiro atoms. The quantitative estimate of drug-likeness (QED) is 0.179. The first-order chi connectivity index (χ1) is 16.7. The summed E-state index contributed by atoms with van der Waals surface area (Å²) in [5, 5.41) is 70.3. The van der Waals surface area contributed by atoms with Crippen molar-refractivity contribution in [3.8, 4) is 11.5 Å². The van der Waals surface area contributed by atoms with E-state index in [4.69, 9.17) is 28.4 Å². The zero-order valence-electron chi connectivity index (χ0n) is 18.5. The third-order valence-corrected chi connectivity index (χ3v) is 6.14. The molecule has 3 aliphatic heterocycles. The summed E-state index contributed by atoms with van der Waals surface area (Å²) in [5.41, 5.74) is 0.578. The molecule has 35 heavy (non-hydrogen) atoms. The number of aliphatic hydroxyl groups excluding tert-OH is 7. The molecule has 0 aliphatic carbocycles. The van der Waals surface area contributed by atoms with Gasteiger partial charge < -0.3 is 64.2 Å². The summed E-state index contributed by atoms with van der Waals surface area (Å²) in [6.07, 6.45) is -15.7. The highest BCUT2D eigenvalue weighted by Crippen LogP contribution is 2.36. The molecule has 3 heterocycles. The Balaban J connectivity index is 1.48. The zero-order chi connectivity index (χ0) is 25.4. The Morgan fingerprint density at radius 1 is 0.886 bits per heavy atom. The molecule has 1 aromatic rings. The summed E-state index contributed by atoms with van der Waals surface area (Å²) in [7, 11) is 1.40. The molecule has 1 aromatic carbocycles. The minimum Gasteiger partial charge on any atom is -0.497 e. The standard InChI is InChI=1S/C21H28O14/c1-30-8-2-7-5-31-19(29)12(7)9(3-8)33-21-18(28)16(26)14(24)11(35-21)6-32-20-17(27)15(25)13(23)10(4-22)34-20/h2-3,10-11,13-18,20-28H,4-6H2,1H3/t10-,11-,13-,14-,15+,16+,17-,18-,20-,21-/m1/s1. The molecule has 4 rings (SSSR count). The second-order valence-corrected chi connectivity index (χ2v) is 8.40. The molecule has 196 valence electrons. The summed E-state index contributed by atoms with van der Waals surface area (Å²) >= 11 is 0. The van der Waals surface area contributed by atoms with Crippen LogP contribution >= 0.6 is 0 Å². The molecule has 0 unspecified atom stereocenters. The van der Waals surface area contributed by atoms with Crippen LogP contribution in [0.4, 0.5) is 0 Å². The van der Waals surface area contributed by atoms with Gasteiger partial charge in [-0.25, -0.2) is 4.79 Å². The molecule has 0 amide bonds. The highest BCUT2D eigenvalue weighted by molar-refractivity contribution is 5.96. The fourth-order valence-electron chi connectivity index (χ4n) is 4.09. The number of rotatable bonds is 7. The molecule has 0 radical (unpaired) electrons. The lowest BCUT2D eigenvalue weighted by molar-refractivity contribution is -0.323. The maximum absolute atomic E-state index is 12.1. The highest BCUT2D eigenvalue weighted by atomic mass is 16.7. The minimum absolute atomic E-state index is 0.00724. The number of aliphatic hydroxyl groups is 7. The van der Waals surface area contributed by atoms with E-state index < -0.39 is 80.6 Å². The molecular formula is C21H28O14. The van der Waals surface area contributed by atoms with E-state index in [1.807, 2.05) is 0 Å². The third kappa shape index (κ3) is 4.95. The molecule has 3 aliphatic rings. The van der Waals surface area contributed by atoms with Crippen LogP contribution in [0.15, 0.2) is 12.1 Å².